The molecule has 1 aromatic carbocycles. The first-order valence-electron chi connectivity index (χ1n) is 8.33. The molecule has 0 atom stereocenters. The standard InChI is InChI=1S/C20H33NO/c1-14(2)16-10-9-11-17(15(3)4)18(16)21-13-19(5,6)12-20(7,8)22/h9-11,13-15,22H,12H2,1-8H3. The summed E-state index contributed by atoms with van der Waals surface area (Å²) >= 11 is 0. The van der Waals surface area contributed by atoms with Crippen molar-refractivity contribution in [2.24, 2.45) is 10.4 Å². The van der Waals surface area contributed by atoms with Crippen LogP contribution in [0.25, 0.3) is 0 Å². The van der Waals surface area contributed by atoms with Gasteiger partial charge in [-0.1, -0.05) is 59.7 Å². The van der Waals surface area contributed by atoms with E-state index in [1.54, 1.807) is 0 Å². The molecule has 124 valence electrons. The van der Waals surface area contributed by atoms with E-state index in [2.05, 4.69) is 59.7 Å². The summed E-state index contributed by atoms with van der Waals surface area (Å²) in [5, 5.41) is 10.1. The molecule has 0 radical (unpaired) electrons. The van der Waals surface area contributed by atoms with Crippen molar-refractivity contribution in [2.45, 2.75) is 79.2 Å². The van der Waals surface area contributed by atoms with E-state index < -0.39 is 5.60 Å². The summed E-state index contributed by atoms with van der Waals surface area (Å²) < 4.78 is 0. The van der Waals surface area contributed by atoms with Gasteiger partial charge in [0.05, 0.1) is 11.3 Å². The highest BCUT2D eigenvalue weighted by Crippen LogP contribution is 2.35. The van der Waals surface area contributed by atoms with E-state index in [9.17, 15) is 5.11 Å². The molecular formula is C20H33NO. The lowest BCUT2D eigenvalue weighted by Crippen LogP contribution is -2.29. The fraction of sp³-hybridized carbons (Fsp3) is 0.650. The van der Waals surface area contributed by atoms with E-state index in [0.717, 1.165) is 5.69 Å². The first-order chi connectivity index (χ1) is 9.93. The van der Waals surface area contributed by atoms with Crippen LogP contribution in [0.4, 0.5) is 5.69 Å². The van der Waals surface area contributed by atoms with Crippen LogP contribution in [0, 0.1) is 5.41 Å². The molecule has 0 unspecified atom stereocenters. The first-order valence-corrected chi connectivity index (χ1v) is 8.33. The zero-order valence-corrected chi connectivity index (χ0v) is 15.6. The maximum atomic E-state index is 10.1. The van der Waals surface area contributed by atoms with Crippen LogP contribution in [0.1, 0.15) is 84.8 Å². The van der Waals surface area contributed by atoms with Gasteiger partial charge in [0.2, 0.25) is 0 Å². The molecule has 0 amide bonds. The molecule has 0 spiro atoms. The molecule has 0 aromatic heterocycles. The van der Waals surface area contributed by atoms with Crippen molar-refractivity contribution in [1.29, 1.82) is 0 Å². The fourth-order valence-corrected chi connectivity index (χ4v) is 3.06. The predicted molar refractivity (Wildman–Crippen MR) is 97.5 cm³/mol. The quantitative estimate of drug-likeness (QED) is 0.659. The number of hydrogen-bond donors (Lipinski definition) is 1. The monoisotopic (exact) mass is 303 g/mol. The predicted octanol–water partition coefficient (Wildman–Crippen LogP) is 5.82. The van der Waals surface area contributed by atoms with Gasteiger partial charge in [-0.15, -0.1) is 0 Å². The minimum absolute atomic E-state index is 0.142. The minimum Gasteiger partial charge on any atom is -0.390 e. The van der Waals surface area contributed by atoms with Crippen LogP contribution in [0.3, 0.4) is 0 Å². The van der Waals surface area contributed by atoms with Crippen LogP contribution in [0.5, 0.6) is 0 Å². The van der Waals surface area contributed by atoms with Crippen molar-refractivity contribution in [3.63, 3.8) is 0 Å². The number of nitrogens with zero attached hydrogens (tertiary/aromatic N) is 1. The van der Waals surface area contributed by atoms with Crippen LogP contribution in [-0.2, 0) is 0 Å². The van der Waals surface area contributed by atoms with Crippen LogP contribution < -0.4 is 0 Å². The van der Waals surface area contributed by atoms with Gasteiger partial charge >= 0.3 is 0 Å². The lowest BCUT2D eigenvalue weighted by Gasteiger charge is -2.28. The highest BCUT2D eigenvalue weighted by molar-refractivity contribution is 5.72. The third kappa shape index (κ3) is 5.57. The summed E-state index contributed by atoms with van der Waals surface area (Å²) in [4.78, 5) is 4.87. The molecule has 0 bridgehead atoms. The summed E-state index contributed by atoms with van der Waals surface area (Å²) in [6.07, 6.45) is 2.70. The largest absolute Gasteiger partial charge is 0.390 e. The lowest BCUT2D eigenvalue weighted by molar-refractivity contribution is 0.0488. The van der Waals surface area contributed by atoms with E-state index in [0.29, 0.717) is 18.3 Å². The minimum atomic E-state index is -0.687. The van der Waals surface area contributed by atoms with Crippen molar-refractivity contribution in [1.82, 2.24) is 0 Å². The van der Waals surface area contributed by atoms with Gasteiger partial charge in [-0.25, -0.2) is 0 Å². The molecule has 22 heavy (non-hydrogen) atoms. The molecule has 0 aliphatic rings. The van der Waals surface area contributed by atoms with Crippen LogP contribution in [-0.4, -0.2) is 16.9 Å². The molecule has 0 fully saturated rings. The summed E-state index contributed by atoms with van der Waals surface area (Å²) in [5.41, 5.74) is 2.87. The van der Waals surface area contributed by atoms with Crippen LogP contribution in [0.15, 0.2) is 23.2 Å². The van der Waals surface area contributed by atoms with Gasteiger partial charge in [0, 0.05) is 11.6 Å². The van der Waals surface area contributed by atoms with Gasteiger partial charge < -0.3 is 5.11 Å². The van der Waals surface area contributed by atoms with Crippen molar-refractivity contribution >= 4 is 11.9 Å². The number of para-hydroxylation sites is 1. The van der Waals surface area contributed by atoms with Gasteiger partial charge in [-0.2, -0.15) is 0 Å². The van der Waals surface area contributed by atoms with Crippen molar-refractivity contribution in [3.8, 4) is 0 Å². The Bertz CT molecular complexity index is 493. The molecule has 0 saturated carbocycles. The Morgan fingerprint density at radius 2 is 1.45 bits per heavy atom. The van der Waals surface area contributed by atoms with Crippen molar-refractivity contribution in [3.05, 3.63) is 29.3 Å². The zero-order chi connectivity index (χ0) is 17.1. The maximum absolute atomic E-state index is 10.1. The zero-order valence-electron chi connectivity index (χ0n) is 15.6. The Labute approximate surface area is 136 Å². The second-order valence-electron chi connectivity index (χ2n) is 8.33. The van der Waals surface area contributed by atoms with E-state index in [1.165, 1.54) is 11.1 Å². The van der Waals surface area contributed by atoms with Crippen molar-refractivity contribution in [2.75, 3.05) is 0 Å². The van der Waals surface area contributed by atoms with Crippen molar-refractivity contribution < 1.29 is 5.11 Å². The Morgan fingerprint density at radius 1 is 1.00 bits per heavy atom. The normalized spacial score (nSPS) is 13.6. The van der Waals surface area contributed by atoms with Crippen LogP contribution >= 0.6 is 0 Å². The van der Waals surface area contributed by atoms with Gasteiger partial charge in [-0.05, 0) is 43.2 Å². The van der Waals surface area contributed by atoms with E-state index in [-0.39, 0.29) is 5.41 Å². The molecule has 0 saturated heterocycles. The molecule has 1 rings (SSSR count). The third-order valence-corrected chi connectivity index (χ3v) is 3.77. The number of aliphatic hydroxyl groups is 1. The number of benzene rings is 1. The van der Waals surface area contributed by atoms with E-state index in [1.807, 2.05) is 20.1 Å². The first kappa shape index (κ1) is 18.9. The Balaban J connectivity index is 3.23. The molecular weight excluding hydrogens is 270 g/mol. The Kier molecular flexibility index (Phi) is 5.97. The molecule has 0 aliphatic carbocycles. The second kappa shape index (κ2) is 6.95. The molecule has 0 aliphatic heterocycles. The average Bonchev–Trinajstić information content (AvgIpc) is 2.32. The number of hydrogen-bond acceptors (Lipinski definition) is 2. The van der Waals surface area contributed by atoms with Crippen LogP contribution in [0.2, 0.25) is 0 Å². The smallest absolute Gasteiger partial charge is 0.0695 e. The third-order valence-electron chi connectivity index (χ3n) is 3.77. The summed E-state index contributed by atoms with van der Waals surface area (Å²) in [6, 6.07) is 6.48. The Hall–Kier alpha value is -1.15. The molecule has 0 heterocycles. The topological polar surface area (TPSA) is 32.6 Å². The number of aliphatic imine (C=N–C) groups is 1. The highest BCUT2D eigenvalue weighted by atomic mass is 16.3. The molecule has 1 aromatic rings. The SMILES string of the molecule is CC(C)c1cccc(C(C)C)c1N=CC(C)(C)CC(C)(C)O. The summed E-state index contributed by atoms with van der Waals surface area (Å²) in [5.74, 6) is 0.895. The van der Waals surface area contributed by atoms with E-state index in [4.69, 9.17) is 4.99 Å². The maximum Gasteiger partial charge on any atom is 0.0695 e. The summed E-state index contributed by atoms with van der Waals surface area (Å²) in [7, 11) is 0. The van der Waals surface area contributed by atoms with Gasteiger partial charge in [0.1, 0.15) is 0 Å². The lowest BCUT2D eigenvalue weighted by atomic mass is 9.83. The number of rotatable bonds is 6. The molecule has 1 N–H and O–H groups in total. The van der Waals surface area contributed by atoms with Gasteiger partial charge in [-0.3, -0.25) is 4.99 Å². The fourth-order valence-electron chi connectivity index (χ4n) is 3.06. The average molecular weight is 303 g/mol. The Morgan fingerprint density at radius 3 is 1.82 bits per heavy atom. The molecule has 2 heteroatoms. The van der Waals surface area contributed by atoms with Gasteiger partial charge in [0.25, 0.3) is 0 Å². The highest BCUT2D eigenvalue weighted by Gasteiger charge is 2.25. The summed E-state index contributed by atoms with van der Waals surface area (Å²) in [6.45, 7) is 16.8. The van der Waals surface area contributed by atoms with E-state index >= 15 is 0 Å². The molecule has 2 nitrogen and oxygen atoms in total. The second-order valence-corrected chi connectivity index (χ2v) is 8.33. The van der Waals surface area contributed by atoms with Gasteiger partial charge in [0.15, 0.2) is 0 Å².